The van der Waals surface area contributed by atoms with Crippen LogP contribution in [0.3, 0.4) is 0 Å². The van der Waals surface area contributed by atoms with Gasteiger partial charge in [0.1, 0.15) is 5.60 Å². The highest BCUT2D eigenvalue weighted by Gasteiger charge is 2.35. The molecule has 0 radical (unpaired) electrons. The molecule has 4 heteroatoms. The number of amides is 1. The van der Waals surface area contributed by atoms with E-state index in [2.05, 4.69) is 6.07 Å². The van der Waals surface area contributed by atoms with E-state index in [1.807, 2.05) is 43.9 Å². The molecule has 21 heavy (non-hydrogen) atoms. The van der Waals surface area contributed by atoms with Crippen LogP contribution in [0.2, 0.25) is 0 Å². The van der Waals surface area contributed by atoms with Gasteiger partial charge in [-0.3, -0.25) is 0 Å². The molecule has 0 spiro atoms. The van der Waals surface area contributed by atoms with Crippen molar-refractivity contribution in [1.29, 1.82) is 0 Å². The van der Waals surface area contributed by atoms with E-state index in [0.29, 0.717) is 19.0 Å². The molecule has 1 aromatic rings. The highest BCUT2D eigenvalue weighted by atomic mass is 16.6. The van der Waals surface area contributed by atoms with Crippen LogP contribution in [-0.2, 0) is 17.7 Å². The molecule has 2 rings (SSSR count). The van der Waals surface area contributed by atoms with Crippen LogP contribution in [0.5, 0.6) is 0 Å². The van der Waals surface area contributed by atoms with Crippen molar-refractivity contribution in [3.63, 3.8) is 0 Å². The lowest BCUT2D eigenvalue weighted by molar-refractivity contribution is 0.0216. The maximum absolute atomic E-state index is 12.3. The first-order valence-corrected chi connectivity index (χ1v) is 7.57. The Morgan fingerprint density at radius 1 is 1.33 bits per heavy atom. The molecule has 0 heterocycles. The van der Waals surface area contributed by atoms with Crippen molar-refractivity contribution in [3.05, 3.63) is 35.4 Å². The van der Waals surface area contributed by atoms with Crippen LogP contribution in [0.25, 0.3) is 0 Å². The maximum atomic E-state index is 12.3. The van der Waals surface area contributed by atoms with E-state index in [4.69, 9.17) is 9.84 Å². The van der Waals surface area contributed by atoms with Gasteiger partial charge in [0.15, 0.2) is 0 Å². The summed E-state index contributed by atoms with van der Waals surface area (Å²) in [6.07, 6.45) is 2.51. The van der Waals surface area contributed by atoms with Gasteiger partial charge >= 0.3 is 6.09 Å². The van der Waals surface area contributed by atoms with Gasteiger partial charge in [0.2, 0.25) is 0 Å². The number of hydrogen-bond acceptors (Lipinski definition) is 3. The third kappa shape index (κ3) is 5.05. The molecule has 0 aromatic heterocycles. The van der Waals surface area contributed by atoms with Crippen LogP contribution < -0.4 is 0 Å². The number of carbonyl (C=O) groups excluding carboxylic acids is 1. The highest BCUT2D eigenvalue weighted by molar-refractivity contribution is 5.69. The molecule has 0 aliphatic heterocycles. The van der Waals surface area contributed by atoms with Gasteiger partial charge in [-0.05, 0) is 51.2 Å². The lowest BCUT2D eigenvalue weighted by Crippen LogP contribution is -2.37. The minimum Gasteiger partial charge on any atom is -0.444 e. The van der Waals surface area contributed by atoms with E-state index in [0.717, 1.165) is 24.0 Å². The SMILES string of the molecule is CC(C)(C)OC(=O)N(Cc1cccc(CCO)c1)C1CC1. The summed E-state index contributed by atoms with van der Waals surface area (Å²) in [5, 5.41) is 9.02. The predicted octanol–water partition coefficient (Wildman–Crippen LogP) is 3.12. The molecule has 1 aromatic carbocycles. The van der Waals surface area contributed by atoms with Gasteiger partial charge in [-0.25, -0.2) is 4.79 Å². The fourth-order valence-electron chi connectivity index (χ4n) is 2.26. The van der Waals surface area contributed by atoms with E-state index in [-0.39, 0.29) is 12.7 Å². The Kier molecular flexibility index (Phi) is 4.88. The normalized spacial score (nSPS) is 14.9. The van der Waals surface area contributed by atoms with Gasteiger partial charge in [0.25, 0.3) is 0 Å². The Morgan fingerprint density at radius 3 is 2.57 bits per heavy atom. The Hall–Kier alpha value is -1.55. The maximum Gasteiger partial charge on any atom is 0.410 e. The minimum absolute atomic E-state index is 0.141. The predicted molar refractivity (Wildman–Crippen MR) is 82.0 cm³/mol. The van der Waals surface area contributed by atoms with Crippen LogP contribution >= 0.6 is 0 Å². The molecule has 0 unspecified atom stereocenters. The third-order valence-corrected chi connectivity index (χ3v) is 3.36. The summed E-state index contributed by atoms with van der Waals surface area (Å²) in [6, 6.07) is 8.34. The van der Waals surface area contributed by atoms with Crippen molar-refractivity contribution in [2.45, 2.75) is 58.2 Å². The van der Waals surface area contributed by atoms with Crippen molar-refractivity contribution < 1.29 is 14.6 Å². The summed E-state index contributed by atoms with van der Waals surface area (Å²) in [5.41, 5.74) is 1.71. The quantitative estimate of drug-likeness (QED) is 0.906. The van der Waals surface area contributed by atoms with E-state index in [1.54, 1.807) is 0 Å². The second kappa shape index (κ2) is 6.48. The van der Waals surface area contributed by atoms with Crippen molar-refractivity contribution in [3.8, 4) is 0 Å². The zero-order chi connectivity index (χ0) is 15.5. The van der Waals surface area contributed by atoms with Crippen LogP contribution in [0.15, 0.2) is 24.3 Å². The fourth-order valence-corrected chi connectivity index (χ4v) is 2.26. The zero-order valence-electron chi connectivity index (χ0n) is 13.1. The van der Waals surface area contributed by atoms with Crippen LogP contribution in [0.4, 0.5) is 4.79 Å². The molecule has 1 saturated carbocycles. The lowest BCUT2D eigenvalue weighted by Gasteiger charge is -2.27. The molecule has 1 aliphatic carbocycles. The monoisotopic (exact) mass is 291 g/mol. The van der Waals surface area contributed by atoms with E-state index in [1.165, 1.54) is 0 Å². The summed E-state index contributed by atoms with van der Waals surface area (Å²) < 4.78 is 5.50. The van der Waals surface area contributed by atoms with E-state index < -0.39 is 5.60 Å². The Labute approximate surface area is 126 Å². The standard InChI is InChI=1S/C17H25NO3/c1-17(2,3)21-16(20)18(15-7-8-15)12-14-6-4-5-13(11-14)9-10-19/h4-6,11,15,19H,7-10,12H2,1-3H3. The highest BCUT2D eigenvalue weighted by Crippen LogP contribution is 2.30. The van der Waals surface area contributed by atoms with E-state index in [9.17, 15) is 4.79 Å². The van der Waals surface area contributed by atoms with Crippen molar-refractivity contribution in [2.24, 2.45) is 0 Å². The number of carbonyl (C=O) groups is 1. The zero-order valence-corrected chi connectivity index (χ0v) is 13.1. The van der Waals surface area contributed by atoms with Crippen LogP contribution in [0.1, 0.15) is 44.7 Å². The number of aliphatic hydroxyl groups excluding tert-OH is 1. The summed E-state index contributed by atoms with van der Waals surface area (Å²) in [5.74, 6) is 0. The first-order valence-electron chi connectivity index (χ1n) is 7.57. The molecular formula is C17H25NO3. The molecule has 1 aliphatic rings. The summed E-state index contributed by atoms with van der Waals surface area (Å²) >= 11 is 0. The molecule has 4 nitrogen and oxygen atoms in total. The number of rotatable bonds is 5. The average Bonchev–Trinajstić information content (AvgIpc) is 3.19. The van der Waals surface area contributed by atoms with Gasteiger partial charge in [-0.2, -0.15) is 0 Å². The van der Waals surface area contributed by atoms with Crippen LogP contribution in [0, 0.1) is 0 Å². The van der Waals surface area contributed by atoms with Gasteiger partial charge < -0.3 is 14.7 Å². The van der Waals surface area contributed by atoms with Crippen molar-refractivity contribution in [1.82, 2.24) is 4.90 Å². The number of aliphatic hydroxyl groups is 1. The number of benzene rings is 1. The second-order valence-electron chi connectivity index (χ2n) is 6.63. The molecular weight excluding hydrogens is 266 g/mol. The van der Waals surface area contributed by atoms with Crippen molar-refractivity contribution >= 4 is 6.09 Å². The van der Waals surface area contributed by atoms with Crippen molar-refractivity contribution in [2.75, 3.05) is 6.61 Å². The largest absolute Gasteiger partial charge is 0.444 e. The molecule has 1 amide bonds. The summed E-state index contributed by atoms with van der Waals surface area (Å²) in [6.45, 7) is 6.37. The van der Waals surface area contributed by atoms with Gasteiger partial charge in [0.05, 0.1) is 0 Å². The first-order chi connectivity index (χ1) is 9.89. The Bertz CT molecular complexity index is 489. The summed E-state index contributed by atoms with van der Waals surface area (Å²) in [4.78, 5) is 14.1. The lowest BCUT2D eigenvalue weighted by atomic mass is 10.1. The fraction of sp³-hybridized carbons (Fsp3) is 0.588. The van der Waals surface area contributed by atoms with Gasteiger partial charge in [0, 0.05) is 19.2 Å². The average molecular weight is 291 g/mol. The Balaban J connectivity index is 2.06. The molecule has 0 atom stereocenters. The van der Waals surface area contributed by atoms with Gasteiger partial charge in [-0.15, -0.1) is 0 Å². The molecule has 1 N–H and O–H groups in total. The number of nitrogens with zero attached hydrogens (tertiary/aromatic N) is 1. The molecule has 116 valence electrons. The number of ether oxygens (including phenoxy) is 1. The topological polar surface area (TPSA) is 49.8 Å². The first kappa shape index (κ1) is 15.8. The molecule has 1 fully saturated rings. The summed E-state index contributed by atoms with van der Waals surface area (Å²) in [7, 11) is 0. The Morgan fingerprint density at radius 2 is 2.00 bits per heavy atom. The number of hydrogen-bond donors (Lipinski definition) is 1. The third-order valence-electron chi connectivity index (χ3n) is 3.36. The second-order valence-corrected chi connectivity index (χ2v) is 6.63. The van der Waals surface area contributed by atoms with Crippen LogP contribution in [-0.4, -0.2) is 34.3 Å². The minimum atomic E-state index is -0.469. The smallest absolute Gasteiger partial charge is 0.410 e. The molecule has 0 saturated heterocycles. The van der Waals surface area contributed by atoms with Gasteiger partial charge in [-0.1, -0.05) is 24.3 Å². The molecule has 0 bridgehead atoms. The van der Waals surface area contributed by atoms with E-state index >= 15 is 0 Å².